The van der Waals surface area contributed by atoms with Crippen molar-refractivity contribution < 1.29 is 23.5 Å². The number of carbonyl (C=O) groups is 3. The topological polar surface area (TPSA) is 132 Å². The van der Waals surface area contributed by atoms with Crippen molar-refractivity contribution in [3.63, 3.8) is 0 Å². The summed E-state index contributed by atoms with van der Waals surface area (Å²) < 4.78 is 21.3. The SMILES string of the molecule is COc1ncc(-c2ccc3c(c2)c(C(C)=O)nn3CC(=O)N2C[C@H](F)C[C@H]2C(=O)Nc2cccc(Br)n2)cn1. The number of nitrogens with zero attached hydrogens (tertiary/aromatic N) is 6. The van der Waals surface area contributed by atoms with Gasteiger partial charge in [-0.15, -0.1) is 0 Å². The van der Waals surface area contributed by atoms with Crippen LogP contribution in [0.1, 0.15) is 23.8 Å². The molecular formula is C26H23BrFN7O4. The Morgan fingerprint density at radius 3 is 2.62 bits per heavy atom. The van der Waals surface area contributed by atoms with Crippen molar-refractivity contribution in [2.24, 2.45) is 0 Å². The number of pyridine rings is 1. The van der Waals surface area contributed by atoms with E-state index in [1.165, 1.54) is 23.6 Å². The third-order valence-corrected chi connectivity index (χ3v) is 6.79. The summed E-state index contributed by atoms with van der Waals surface area (Å²) in [6.07, 6.45) is 1.72. The summed E-state index contributed by atoms with van der Waals surface area (Å²) in [7, 11) is 1.47. The van der Waals surface area contributed by atoms with Gasteiger partial charge in [-0.2, -0.15) is 5.10 Å². The van der Waals surface area contributed by atoms with Gasteiger partial charge in [0, 0.05) is 36.7 Å². The van der Waals surface area contributed by atoms with Crippen LogP contribution in [0.5, 0.6) is 6.01 Å². The number of aromatic nitrogens is 5. The molecule has 1 aromatic carbocycles. The zero-order valence-electron chi connectivity index (χ0n) is 21.0. The highest BCUT2D eigenvalue weighted by molar-refractivity contribution is 9.10. The van der Waals surface area contributed by atoms with E-state index in [2.05, 4.69) is 41.3 Å². The molecule has 2 atom stereocenters. The van der Waals surface area contributed by atoms with Crippen molar-refractivity contribution >= 4 is 50.2 Å². The number of anilines is 1. The van der Waals surface area contributed by atoms with E-state index in [9.17, 15) is 18.8 Å². The Hall–Kier alpha value is -4.26. The molecule has 0 unspecified atom stereocenters. The minimum Gasteiger partial charge on any atom is -0.467 e. The van der Waals surface area contributed by atoms with Crippen molar-refractivity contribution in [2.45, 2.75) is 32.1 Å². The lowest BCUT2D eigenvalue weighted by Crippen LogP contribution is -2.44. The molecule has 1 aliphatic rings. The standard InChI is InChI=1S/C26H23BrFN7O4/c1-14(36)24-18-8-15(16-10-29-26(39-2)30-11-16)6-7-19(18)35(33-24)13-23(37)34-12-17(28)9-20(34)25(38)32-22-5-3-4-21(27)31-22/h3-8,10-11,17,20H,9,12-13H2,1-2H3,(H,31,32,38)/t17-,20+/m1/s1. The second kappa shape index (κ2) is 10.8. The predicted octanol–water partition coefficient (Wildman–Crippen LogP) is 3.44. The molecule has 0 radical (unpaired) electrons. The van der Waals surface area contributed by atoms with Crippen LogP contribution in [0.4, 0.5) is 10.2 Å². The minimum absolute atomic E-state index is 0.128. The van der Waals surface area contributed by atoms with Crippen molar-refractivity contribution in [1.82, 2.24) is 29.6 Å². The highest BCUT2D eigenvalue weighted by atomic mass is 79.9. The number of amides is 2. The van der Waals surface area contributed by atoms with E-state index < -0.39 is 24.0 Å². The number of Topliss-reactive ketones (excluding diaryl/α,β-unsaturated/α-hetero) is 1. The molecule has 11 nitrogen and oxygen atoms in total. The zero-order chi connectivity index (χ0) is 27.7. The normalized spacial score (nSPS) is 16.9. The van der Waals surface area contributed by atoms with Gasteiger partial charge < -0.3 is 15.0 Å². The number of alkyl halides is 1. The maximum absolute atomic E-state index is 14.4. The summed E-state index contributed by atoms with van der Waals surface area (Å²) in [5, 5.41) is 7.58. The molecule has 39 heavy (non-hydrogen) atoms. The summed E-state index contributed by atoms with van der Waals surface area (Å²) >= 11 is 3.24. The van der Waals surface area contributed by atoms with E-state index in [4.69, 9.17) is 4.74 Å². The van der Waals surface area contributed by atoms with Gasteiger partial charge in [-0.1, -0.05) is 12.1 Å². The Labute approximate surface area is 230 Å². The van der Waals surface area contributed by atoms with Crippen LogP contribution in [0.15, 0.2) is 53.4 Å². The van der Waals surface area contributed by atoms with E-state index in [0.717, 1.165) is 5.56 Å². The average Bonchev–Trinajstić information content (AvgIpc) is 3.49. The molecule has 2 amide bonds. The molecule has 1 aliphatic heterocycles. The first kappa shape index (κ1) is 26.4. The molecule has 1 saturated heterocycles. The lowest BCUT2D eigenvalue weighted by Gasteiger charge is -2.23. The minimum atomic E-state index is -1.35. The number of carbonyl (C=O) groups excluding carboxylic acids is 3. The lowest BCUT2D eigenvalue weighted by molar-refractivity contribution is -0.137. The number of halogens is 2. The number of rotatable bonds is 7. The van der Waals surface area contributed by atoms with Crippen LogP contribution in [-0.4, -0.2) is 73.1 Å². The Kier molecular flexibility index (Phi) is 7.33. The smallest absolute Gasteiger partial charge is 0.316 e. The van der Waals surface area contributed by atoms with Gasteiger partial charge in [-0.3, -0.25) is 19.1 Å². The van der Waals surface area contributed by atoms with Gasteiger partial charge in [0.15, 0.2) is 5.78 Å². The van der Waals surface area contributed by atoms with E-state index in [1.54, 1.807) is 48.8 Å². The third-order valence-electron chi connectivity index (χ3n) is 6.35. The Morgan fingerprint density at radius 2 is 1.92 bits per heavy atom. The zero-order valence-corrected chi connectivity index (χ0v) is 22.6. The van der Waals surface area contributed by atoms with Crippen molar-refractivity contribution in [3.8, 4) is 17.1 Å². The number of nitrogens with one attached hydrogen (secondary N) is 1. The highest BCUT2D eigenvalue weighted by Crippen LogP contribution is 2.28. The molecule has 5 rings (SSSR count). The number of ether oxygens (including phenoxy) is 1. The fourth-order valence-electron chi connectivity index (χ4n) is 4.53. The maximum Gasteiger partial charge on any atom is 0.316 e. The second-order valence-electron chi connectivity index (χ2n) is 8.98. The van der Waals surface area contributed by atoms with E-state index >= 15 is 0 Å². The van der Waals surface area contributed by atoms with Gasteiger partial charge in [-0.25, -0.2) is 19.3 Å². The molecule has 13 heteroatoms. The van der Waals surface area contributed by atoms with Crippen molar-refractivity contribution in [2.75, 3.05) is 19.0 Å². The third kappa shape index (κ3) is 5.48. The van der Waals surface area contributed by atoms with Crippen LogP contribution >= 0.6 is 15.9 Å². The fourth-order valence-corrected chi connectivity index (χ4v) is 4.87. The molecule has 1 fully saturated rings. The van der Waals surface area contributed by atoms with Crippen LogP contribution in [0, 0.1) is 0 Å². The van der Waals surface area contributed by atoms with Gasteiger partial charge in [0.1, 0.15) is 34.9 Å². The van der Waals surface area contributed by atoms with Crippen LogP contribution in [0.2, 0.25) is 0 Å². The van der Waals surface area contributed by atoms with Crippen LogP contribution in [-0.2, 0) is 16.1 Å². The highest BCUT2D eigenvalue weighted by Gasteiger charge is 2.40. The van der Waals surface area contributed by atoms with Crippen LogP contribution in [0.3, 0.4) is 0 Å². The quantitative estimate of drug-likeness (QED) is 0.254. The number of benzene rings is 1. The molecule has 4 heterocycles. The van der Waals surface area contributed by atoms with Gasteiger partial charge in [0.05, 0.1) is 19.2 Å². The molecule has 1 N–H and O–H groups in total. The first-order valence-corrected chi connectivity index (χ1v) is 12.8. The monoisotopic (exact) mass is 595 g/mol. The predicted molar refractivity (Wildman–Crippen MR) is 143 cm³/mol. The molecule has 0 aliphatic carbocycles. The average molecular weight is 596 g/mol. The van der Waals surface area contributed by atoms with Crippen molar-refractivity contribution in [3.05, 3.63) is 59.1 Å². The van der Waals surface area contributed by atoms with Gasteiger partial charge in [-0.05, 0) is 45.8 Å². The number of methoxy groups -OCH3 is 1. The van der Waals surface area contributed by atoms with Crippen LogP contribution < -0.4 is 10.1 Å². The summed E-state index contributed by atoms with van der Waals surface area (Å²) in [4.78, 5) is 52.3. The molecule has 0 bridgehead atoms. The second-order valence-corrected chi connectivity index (χ2v) is 9.79. The summed E-state index contributed by atoms with van der Waals surface area (Å²) in [5.74, 6) is -1.02. The molecule has 0 spiro atoms. The number of hydrogen-bond donors (Lipinski definition) is 1. The lowest BCUT2D eigenvalue weighted by atomic mass is 10.0. The summed E-state index contributed by atoms with van der Waals surface area (Å²) in [5.41, 5.74) is 2.18. The number of ketones is 1. The van der Waals surface area contributed by atoms with Gasteiger partial charge in [0.25, 0.3) is 0 Å². The van der Waals surface area contributed by atoms with Crippen molar-refractivity contribution in [1.29, 1.82) is 0 Å². The fraction of sp³-hybridized carbons (Fsp3) is 0.269. The molecule has 3 aromatic heterocycles. The number of fused-ring (bicyclic) bond motifs is 1. The maximum atomic E-state index is 14.4. The molecule has 200 valence electrons. The molecule has 4 aromatic rings. The van der Waals surface area contributed by atoms with Crippen LogP contribution in [0.25, 0.3) is 22.0 Å². The van der Waals surface area contributed by atoms with Gasteiger partial charge >= 0.3 is 6.01 Å². The Morgan fingerprint density at radius 1 is 1.15 bits per heavy atom. The summed E-state index contributed by atoms with van der Waals surface area (Å²) in [6.45, 7) is 0.894. The molecular weight excluding hydrogens is 573 g/mol. The largest absolute Gasteiger partial charge is 0.467 e. The van der Waals surface area contributed by atoms with Gasteiger partial charge in [0.2, 0.25) is 11.8 Å². The van der Waals surface area contributed by atoms with E-state index in [-0.39, 0.29) is 42.8 Å². The first-order chi connectivity index (χ1) is 18.7. The Balaban J connectivity index is 1.40. The Bertz CT molecular complexity index is 1580. The number of hydrogen-bond acceptors (Lipinski definition) is 8. The van der Waals surface area contributed by atoms with E-state index in [1.807, 2.05) is 0 Å². The summed E-state index contributed by atoms with van der Waals surface area (Å²) in [6, 6.07) is 9.54. The molecule has 0 saturated carbocycles. The first-order valence-electron chi connectivity index (χ1n) is 12.0. The number of likely N-dealkylation sites (tertiary alicyclic amines) is 1. The van der Waals surface area contributed by atoms with E-state index in [0.29, 0.717) is 21.1 Å².